The van der Waals surface area contributed by atoms with Crippen LogP contribution in [0, 0.1) is 0 Å². The second kappa shape index (κ2) is 3.92. The van der Waals surface area contributed by atoms with Crippen molar-refractivity contribution in [2.45, 2.75) is 12.5 Å². The summed E-state index contributed by atoms with van der Waals surface area (Å²) in [4.78, 5) is 2.16. The monoisotopic (exact) mass is 233 g/mol. The maximum absolute atomic E-state index is 5.91. The van der Waals surface area contributed by atoms with Crippen LogP contribution in [0.4, 0.5) is 5.82 Å². The third-order valence-corrected chi connectivity index (χ3v) is 3.19. The lowest BCUT2D eigenvalue weighted by Crippen LogP contribution is -2.26. The molecule has 2 heterocycles. The van der Waals surface area contributed by atoms with Gasteiger partial charge in [0.2, 0.25) is 5.58 Å². The molecule has 0 amide bonds. The predicted octanol–water partition coefficient (Wildman–Crippen LogP) is 1.37. The predicted molar refractivity (Wildman–Crippen MR) is 65.4 cm³/mol. The van der Waals surface area contributed by atoms with Crippen LogP contribution in [-0.4, -0.2) is 31.4 Å². The van der Waals surface area contributed by atoms with Crippen LogP contribution >= 0.6 is 0 Å². The van der Waals surface area contributed by atoms with Crippen LogP contribution < -0.4 is 15.4 Å². The maximum atomic E-state index is 5.91. The zero-order valence-corrected chi connectivity index (χ0v) is 9.72. The number of ether oxygens (including phenoxy) is 1. The number of methoxy groups -OCH3 is 1. The van der Waals surface area contributed by atoms with Crippen LogP contribution in [0.1, 0.15) is 6.42 Å². The number of anilines is 1. The number of nitrogens with zero attached hydrogens (tertiary/aromatic N) is 2. The average molecular weight is 233 g/mol. The molecule has 5 heteroatoms. The molecule has 0 saturated carbocycles. The molecular weight excluding hydrogens is 218 g/mol. The lowest BCUT2D eigenvalue weighted by atomic mass is 10.2. The van der Waals surface area contributed by atoms with E-state index in [0.717, 1.165) is 30.7 Å². The van der Waals surface area contributed by atoms with Gasteiger partial charge in [-0.15, -0.1) is 0 Å². The number of nitrogens with two attached hydrogens (primary N) is 1. The zero-order valence-electron chi connectivity index (χ0n) is 9.72. The summed E-state index contributed by atoms with van der Waals surface area (Å²) >= 11 is 0. The van der Waals surface area contributed by atoms with Gasteiger partial charge >= 0.3 is 0 Å². The molecule has 1 saturated heterocycles. The van der Waals surface area contributed by atoms with Crippen molar-refractivity contribution in [1.82, 2.24) is 5.16 Å². The molecule has 17 heavy (non-hydrogen) atoms. The van der Waals surface area contributed by atoms with Crippen molar-refractivity contribution in [3.8, 4) is 5.75 Å². The van der Waals surface area contributed by atoms with E-state index in [9.17, 15) is 0 Å². The van der Waals surface area contributed by atoms with Crippen LogP contribution in [0.5, 0.6) is 5.75 Å². The molecule has 1 aromatic carbocycles. The Bertz CT molecular complexity index is 538. The molecule has 2 aromatic rings. The van der Waals surface area contributed by atoms with Crippen molar-refractivity contribution in [2.75, 3.05) is 25.1 Å². The summed E-state index contributed by atoms with van der Waals surface area (Å²) in [7, 11) is 1.63. The van der Waals surface area contributed by atoms with Gasteiger partial charge in [-0.1, -0.05) is 11.2 Å². The van der Waals surface area contributed by atoms with Crippen LogP contribution in [0.2, 0.25) is 0 Å². The molecule has 1 atom stereocenters. The highest BCUT2D eigenvalue weighted by molar-refractivity contribution is 5.92. The number of aromatic nitrogens is 1. The summed E-state index contributed by atoms with van der Waals surface area (Å²) in [6.07, 6.45) is 0.998. The number of hydrogen-bond acceptors (Lipinski definition) is 5. The Hall–Kier alpha value is -1.75. The van der Waals surface area contributed by atoms with Gasteiger partial charge in [-0.2, -0.15) is 0 Å². The van der Waals surface area contributed by atoms with Crippen LogP contribution in [0.15, 0.2) is 22.7 Å². The lowest BCUT2D eigenvalue weighted by Gasteiger charge is -2.13. The summed E-state index contributed by atoms with van der Waals surface area (Å²) < 4.78 is 10.6. The number of benzene rings is 1. The Kier molecular flexibility index (Phi) is 2.40. The summed E-state index contributed by atoms with van der Waals surface area (Å²) in [5.74, 6) is 1.58. The van der Waals surface area contributed by atoms with E-state index in [4.69, 9.17) is 15.0 Å². The molecule has 0 radical (unpaired) electrons. The SMILES string of the molecule is COc1cccc2c(N3CCC(N)C3)noc12. The average Bonchev–Trinajstić information content (AvgIpc) is 2.94. The van der Waals surface area contributed by atoms with Gasteiger partial charge in [0.15, 0.2) is 11.6 Å². The molecule has 0 spiro atoms. The van der Waals surface area contributed by atoms with E-state index < -0.39 is 0 Å². The number of fused-ring (bicyclic) bond motifs is 1. The summed E-state index contributed by atoms with van der Waals surface area (Å²) in [5, 5.41) is 5.12. The highest BCUT2D eigenvalue weighted by Gasteiger charge is 2.24. The molecule has 1 aliphatic rings. The Morgan fingerprint density at radius 2 is 2.41 bits per heavy atom. The first kappa shape index (κ1) is 10.4. The van der Waals surface area contributed by atoms with Crippen molar-refractivity contribution in [3.63, 3.8) is 0 Å². The molecular formula is C12H15N3O2. The van der Waals surface area contributed by atoms with Gasteiger partial charge in [0.25, 0.3) is 0 Å². The van der Waals surface area contributed by atoms with E-state index in [-0.39, 0.29) is 6.04 Å². The van der Waals surface area contributed by atoms with Gasteiger partial charge in [0.05, 0.1) is 12.5 Å². The van der Waals surface area contributed by atoms with Crippen molar-refractivity contribution >= 4 is 16.8 Å². The molecule has 2 N–H and O–H groups in total. The minimum Gasteiger partial charge on any atom is -0.493 e. The van der Waals surface area contributed by atoms with E-state index in [1.807, 2.05) is 18.2 Å². The zero-order chi connectivity index (χ0) is 11.8. The molecule has 1 fully saturated rings. The molecule has 5 nitrogen and oxygen atoms in total. The second-order valence-electron chi connectivity index (χ2n) is 4.34. The highest BCUT2D eigenvalue weighted by atomic mass is 16.5. The Morgan fingerprint density at radius 1 is 1.53 bits per heavy atom. The van der Waals surface area contributed by atoms with Crippen molar-refractivity contribution in [3.05, 3.63) is 18.2 Å². The van der Waals surface area contributed by atoms with Gasteiger partial charge in [0.1, 0.15) is 0 Å². The first-order chi connectivity index (χ1) is 8.29. The number of hydrogen-bond donors (Lipinski definition) is 1. The molecule has 1 unspecified atom stereocenters. The topological polar surface area (TPSA) is 64.5 Å². The van der Waals surface area contributed by atoms with E-state index >= 15 is 0 Å². The Labute approximate surface area is 99.1 Å². The fourth-order valence-corrected chi connectivity index (χ4v) is 2.29. The van der Waals surface area contributed by atoms with Crippen LogP contribution in [-0.2, 0) is 0 Å². The summed E-state index contributed by atoms with van der Waals surface area (Å²) in [6, 6.07) is 6.03. The maximum Gasteiger partial charge on any atom is 0.210 e. The fourth-order valence-electron chi connectivity index (χ4n) is 2.29. The van der Waals surface area contributed by atoms with Crippen molar-refractivity contribution in [1.29, 1.82) is 0 Å². The number of rotatable bonds is 2. The Morgan fingerprint density at radius 3 is 3.12 bits per heavy atom. The minimum absolute atomic E-state index is 0.229. The third kappa shape index (κ3) is 1.63. The van der Waals surface area contributed by atoms with E-state index in [0.29, 0.717) is 11.3 Å². The summed E-state index contributed by atoms with van der Waals surface area (Å²) in [5.41, 5.74) is 6.61. The lowest BCUT2D eigenvalue weighted by molar-refractivity contribution is 0.393. The molecule has 1 aliphatic heterocycles. The molecule has 3 rings (SSSR count). The second-order valence-corrected chi connectivity index (χ2v) is 4.34. The van der Waals surface area contributed by atoms with Gasteiger partial charge in [0, 0.05) is 19.1 Å². The first-order valence-corrected chi connectivity index (χ1v) is 5.72. The largest absolute Gasteiger partial charge is 0.493 e. The minimum atomic E-state index is 0.229. The van der Waals surface area contributed by atoms with Crippen molar-refractivity contribution in [2.24, 2.45) is 5.73 Å². The first-order valence-electron chi connectivity index (χ1n) is 5.72. The van der Waals surface area contributed by atoms with E-state index in [1.165, 1.54) is 0 Å². The fraction of sp³-hybridized carbons (Fsp3) is 0.417. The van der Waals surface area contributed by atoms with E-state index in [2.05, 4.69) is 10.1 Å². The standard InChI is InChI=1S/C12H15N3O2/c1-16-10-4-2-3-9-11(10)17-14-12(9)15-6-5-8(13)7-15/h2-4,8H,5-7,13H2,1H3. The number of para-hydroxylation sites is 1. The van der Waals surface area contributed by atoms with Gasteiger partial charge < -0.3 is 19.9 Å². The van der Waals surface area contributed by atoms with Gasteiger partial charge in [-0.05, 0) is 18.6 Å². The molecule has 1 aromatic heterocycles. The van der Waals surface area contributed by atoms with E-state index in [1.54, 1.807) is 7.11 Å². The van der Waals surface area contributed by atoms with Crippen molar-refractivity contribution < 1.29 is 9.26 Å². The molecule has 0 bridgehead atoms. The van der Waals surface area contributed by atoms with Crippen LogP contribution in [0.3, 0.4) is 0 Å². The van der Waals surface area contributed by atoms with Gasteiger partial charge in [-0.3, -0.25) is 0 Å². The Balaban J connectivity index is 2.06. The summed E-state index contributed by atoms with van der Waals surface area (Å²) in [6.45, 7) is 1.76. The quantitative estimate of drug-likeness (QED) is 0.848. The highest BCUT2D eigenvalue weighted by Crippen LogP contribution is 2.33. The molecule has 90 valence electrons. The third-order valence-electron chi connectivity index (χ3n) is 3.19. The van der Waals surface area contributed by atoms with Gasteiger partial charge in [-0.25, -0.2) is 0 Å². The molecule has 0 aliphatic carbocycles. The normalized spacial score (nSPS) is 20.1. The van der Waals surface area contributed by atoms with Crippen LogP contribution in [0.25, 0.3) is 11.0 Å². The smallest absolute Gasteiger partial charge is 0.210 e.